The molecule has 0 radical (unpaired) electrons. The number of nitrogens with zero attached hydrogens (tertiary/aromatic N) is 4. The number of hydrogen-bond donors (Lipinski definition) is 0. The highest BCUT2D eigenvalue weighted by atomic mass is 32.1. The number of likely N-dealkylation sites (N-methyl/N-ethyl adjacent to an activating group) is 1. The van der Waals surface area contributed by atoms with Gasteiger partial charge >= 0.3 is 0 Å². The molecule has 2 atom stereocenters. The van der Waals surface area contributed by atoms with Crippen LogP contribution in [0.25, 0.3) is 0 Å². The first kappa shape index (κ1) is 15.5. The van der Waals surface area contributed by atoms with Gasteiger partial charge in [0.25, 0.3) is 5.91 Å². The first-order chi connectivity index (χ1) is 11.7. The Kier molecular flexibility index (Phi) is 3.97. The molecule has 0 N–H and O–H groups in total. The molecule has 2 unspecified atom stereocenters. The number of thiophene rings is 1. The summed E-state index contributed by atoms with van der Waals surface area (Å²) in [7, 11) is 2.01. The third-order valence-electron chi connectivity index (χ3n) is 4.98. The molecule has 2 aliphatic heterocycles. The molecule has 0 saturated carbocycles. The average molecular weight is 344 g/mol. The number of aromatic nitrogens is 2. The molecule has 2 fully saturated rings. The van der Waals surface area contributed by atoms with E-state index in [2.05, 4.69) is 14.9 Å². The maximum atomic E-state index is 12.5. The van der Waals surface area contributed by atoms with Gasteiger partial charge in [0.15, 0.2) is 0 Å². The zero-order chi connectivity index (χ0) is 16.6. The molecule has 2 aromatic rings. The summed E-state index contributed by atoms with van der Waals surface area (Å²) in [6.45, 7) is 2.07. The lowest BCUT2D eigenvalue weighted by Crippen LogP contribution is -2.38. The van der Waals surface area contributed by atoms with Crippen LogP contribution in [0.1, 0.15) is 23.2 Å². The number of likely N-dealkylation sites (tertiary alicyclic amines) is 1. The lowest BCUT2D eigenvalue weighted by molar-refractivity contribution is 0.0123. The van der Waals surface area contributed by atoms with E-state index in [1.165, 1.54) is 0 Å². The largest absolute Gasteiger partial charge is 0.371 e. The van der Waals surface area contributed by atoms with Crippen LogP contribution in [0.3, 0.4) is 0 Å². The SMILES string of the molecule is CN(c1ncccn1)C1COC2(CCN(C(=O)c3ccsc3)C2)C1. The summed E-state index contributed by atoms with van der Waals surface area (Å²) in [5, 5.41) is 3.85. The van der Waals surface area contributed by atoms with Crippen molar-refractivity contribution in [3.8, 4) is 0 Å². The maximum Gasteiger partial charge on any atom is 0.254 e. The number of anilines is 1. The molecule has 1 spiro atoms. The molecule has 24 heavy (non-hydrogen) atoms. The van der Waals surface area contributed by atoms with E-state index in [4.69, 9.17) is 4.74 Å². The molecule has 0 aromatic carbocycles. The van der Waals surface area contributed by atoms with Crippen LogP contribution in [0.5, 0.6) is 0 Å². The third-order valence-corrected chi connectivity index (χ3v) is 5.66. The highest BCUT2D eigenvalue weighted by molar-refractivity contribution is 7.08. The Morgan fingerprint density at radius 2 is 2.29 bits per heavy atom. The Hall–Kier alpha value is -1.99. The molecule has 4 heterocycles. The van der Waals surface area contributed by atoms with Gasteiger partial charge in [-0.05, 0) is 23.9 Å². The Balaban J connectivity index is 1.42. The van der Waals surface area contributed by atoms with E-state index in [0.29, 0.717) is 19.1 Å². The third kappa shape index (κ3) is 2.78. The smallest absolute Gasteiger partial charge is 0.254 e. The van der Waals surface area contributed by atoms with Gasteiger partial charge in [-0.3, -0.25) is 4.79 Å². The van der Waals surface area contributed by atoms with Crippen LogP contribution in [0, 0.1) is 0 Å². The van der Waals surface area contributed by atoms with Crippen molar-refractivity contribution < 1.29 is 9.53 Å². The van der Waals surface area contributed by atoms with Crippen molar-refractivity contribution in [1.29, 1.82) is 0 Å². The van der Waals surface area contributed by atoms with E-state index in [1.807, 2.05) is 34.8 Å². The number of hydrogen-bond acceptors (Lipinski definition) is 6. The minimum atomic E-state index is -0.223. The van der Waals surface area contributed by atoms with Crippen LogP contribution >= 0.6 is 11.3 Å². The number of amides is 1. The highest BCUT2D eigenvalue weighted by Gasteiger charge is 2.48. The first-order valence-corrected chi connectivity index (χ1v) is 9.06. The van der Waals surface area contributed by atoms with Crippen molar-refractivity contribution in [2.24, 2.45) is 0 Å². The van der Waals surface area contributed by atoms with Gasteiger partial charge in [0, 0.05) is 37.8 Å². The van der Waals surface area contributed by atoms with Crippen LogP contribution in [0.15, 0.2) is 35.3 Å². The summed E-state index contributed by atoms with van der Waals surface area (Å²) >= 11 is 1.55. The molecule has 2 saturated heterocycles. The van der Waals surface area contributed by atoms with Crippen molar-refractivity contribution in [2.75, 3.05) is 31.6 Å². The van der Waals surface area contributed by atoms with Gasteiger partial charge in [-0.1, -0.05) is 0 Å². The van der Waals surface area contributed by atoms with Crippen molar-refractivity contribution >= 4 is 23.2 Å². The number of carbonyl (C=O) groups excluding carboxylic acids is 1. The fraction of sp³-hybridized carbons (Fsp3) is 0.471. The van der Waals surface area contributed by atoms with E-state index in [1.54, 1.807) is 23.7 Å². The fourth-order valence-corrected chi connectivity index (χ4v) is 4.21. The predicted molar refractivity (Wildman–Crippen MR) is 92.4 cm³/mol. The molecule has 126 valence electrons. The Labute approximate surface area is 145 Å². The van der Waals surface area contributed by atoms with Crippen LogP contribution in [0.4, 0.5) is 5.95 Å². The summed E-state index contributed by atoms with van der Waals surface area (Å²) in [5.41, 5.74) is 0.556. The number of ether oxygens (including phenoxy) is 1. The molecule has 4 rings (SSSR count). The molecule has 2 aromatic heterocycles. The Morgan fingerprint density at radius 1 is 1.46 bits per heavy atom. The quantitative estimate of drug-likeness (QED) is 0.853. The average Bonchev–Trinajstić information content (AvgIpc) is 3.37. The lowest BCUT2D eigenvalue weighted by Gasteiger charge is -2.26. The molecule has 2 aliphatic rings. The monoisotopic (exact) mass is 344 g/mol. The van der Waals surface area contributed by atoms with Gasteiger partial charge in [-0.2, -0.15) is 11.3 Å². The van der Waals surface area contributed by atoms with Gasteiger partial charge in [0.1, 0.15) is 0 Å². The van der Waals surface area contributed by atoms with Crippen molar-refractivity contribution in [3.05, 3.63) is 40.8 Å². The Morgan fingerprint density at radius 3 is 3.04 bits per heavy atom. The second kappa shape index (κ2) is 6.14. The van der Waals surface area contributed by atoms with E-state index >= 15 is 0 Å². The summed E-state index contributed by atoms with van der Waals surface area (Å²) in [6, 6.07) is 3.94. The highest BCUT2D eigenvalue weighted by Crippen LogP contribution is 2.37. The summed E-state index contributed by atoms with van der Waals surface area (Å²) in [4.78, 5) is 25.2. The minimum Gasteiger partial charge on any atom is -0.371 e. The molecule has 6 nitrogen and oxygen atoms in total. The first-order valence-electron chi connectivity index (χ1n) is 8.12. The van der Waals surface area contributed by atoms with Gasteiger partial charge < -0.3 is 14.5 Å². The molecular weight excluding hydrogens is 324 g/mol. The van der Waals surface area contributed by atoms with Crippen LogP contribution in [-0.4, -0.2) is 59.2 Å². The summed E-state index contributed by atoms with van der Waals surface area (Å²) in [5.74, 6) is 0.826. The van der Waals surface area contributed by atoms with E-state index in [-0.39, 0.29) is 17.6 Å². The fourth-order valence-electron chi connectivity index (χ4n) is 3.58. The van der Waals surface area contributed by atoms with Crippen molar-refractivity contribution in [2.45, 2.75) is 24.5 Å². The molecule has 7 heteroatoms. The lowest BCUT2D eigenvalue weighted by atomic mass is 9.97. The normalized spacial score (nSPS) is 26.2. The standard InChI is InChI=1S/C17H20N4O2S/c1-20(16-18-5-2-6-19-16)14-9-17(23-10-14)4-7-21(12-17)15(22)13-3-8-24-11-13/h2-3,5-6,8,11,14H,4,7,9-10,12H2,1H3. The van der Waals surface area contributed by atoms with Gasteiger partial charge in [0.2, 0.25) is 5.95 Å². The van der Waals surface area contributed by atoms with E-state index in [0.717, 1.165) is 24.9 Å². The molecule has 0 aliphatic carbocycles. The second-order valence-electron chi connectivity index (χ2n) is 6.50. The molecule has 0 bridgehead atoms. The molecular formula is C17H20N4O2S. The van der Waals surface area contributed by atoms with Gasteiger partial charge in [0.05, 0.1) is 30.4 Å². The van der Waals surface area contributed by atoms with E-state index in [9.17, 15) is 4.79 Å². The summed E-state index contributed by atoms with van der Waals surface area (Å²) < 4.78 is 6.17. The van der Waals surface area contributed by atoms with Crippen molar-refractivity contribution in [1.82, 2.24) is 14.9 Å². The topological polar surface area (TPSA) is 58.6 Å². The predicted octanol–water partition coefficient (Wildman–Crippen LogP) is 2.05. The van der Waals surface area contributed by atoms with Crippen LogP contribution in [-0.2, 0) is 4.74 Å². The number of rotatable bonds is 3. The number of carbonyl (C=O) groups is 1. The Bertz CT molecular complexity index is 709. The summed E-state index contributed by atoms with van der Waals surface area (Å²) in [6.07, 6.45) is 5.29. The van der Waals surface area contributed by atoms with Crippen LogP contribution < -0.4 is 4.90 Å². The molecule has 1 amide bonds. The minimum absolute atomic E-state index is 0.111. The zero-order valence-corrected chi connectivity index (χ0v) is 14.4. The maximum absolute atomic E-state index is 12.5. The van der Waals surface area contributed by atoms with Crippen molar-refractivity contribution in [3.63, 3.8) is 0 Å². The second-order valence-corrected chi connectivity index (χ2v) is 7.28. The van der Waals surface area contributed by atoms with E-state index < -0.39 is 0 Å². The van der Waals surface area contributed by atoms with Gasteiger partial charge in [-0.15, -0.1) is 0 Å². The van der Waals surface area contributed by atoms with Crippen LogP contribution in [0.2, 0.25) is 0 Å². The zero-order valence-electron chi connectivity index (χ0n) is 13.6. The van der Waals surface area contributed by atoms with Gasteiger partial charge in [-0.25, -0.2) is 9.97 Å².